The first-order chi connectivity index (χ1) is 15.2. The number of aliphatic hydroxyl groups is 1. The fourth-order valence-corrected chi connectivity index (χ4v) is 7.51. The van der Waals surface area contributed by atoms with E-state index >= 15 is 0 Å². The van der Waals surface area contributed by atoms with Gasteiger partial charge in [-0.2, -0.15) is 0 Å². The van der Waals surface area contributed by atoms with Crippen LogP contribution in [-0.4, -0.2) is 47.1 Å². The van der Waals surface area contributed by atoms with Crippen LogP contribution in [0.5, 0.6) is 0 Å². The Morgan fingerprint density at radius 3 is 2.58 bits per heavy atom. The lowest BCUT2D eigenvalue weighted by Crippen LogP contribution is -2.68. The highest BCUT2D eigenvalue weighted by Crippen LogP contribution is 2.72. The monoisotopic (exact) mass is 456 g/mol. The van der Waals surface area contributed by atoms with Crippen LogP contribution < -0.4 is 0 Å². The van der Waals surface area contributed by atoms with Crippen molar-refractivity contribution in [3.8, 4) is 0 Å². The first kappa shape index (κ1) is 23.0. The van der Waals surface area contributed by atoms with Gasteiger partial charge in [0.2, 0.25) is 0 Å². The number of rotatable bonds is 2. The molecule has 0 unspecified atom stereocenters. The minimum atomic E-state index is -1.78. The van der Waals surface area contributed by atoms with E-state index < -0.39 is 35.0 Å². The molecular weight excluding hydrogens is 420 g/mol. The average Bonchev–Trinajstić information content (AvgIpc) is 3.20. The number of carbonyl (C=O) groups excluding carboxylic acids is 2. The number of Topliss-reactive ketones (excluding diaryl/α,β-unsaturated/α-hetero) is 1. The summed E-state index contributed by atoms with van der Waals surface area (Å²) in [4.78, 5) is 27.2. The lowest BCUT2D eigenvalue weighted by molar-refractivity contribution is -0.303. The highest BCUT2D eigenvalue weighted by atomic mass is 16.7. The maximum Gasteiger partial charge on any atom is 0.333 e. The zero-order valence-corrected chi connectivity index (χ0v) is 20.7. The van der Waals surface area contributed by atoms with Gasteiger partial charge in [-0.25, -0.2) is 4.79 Å². The Bertz CT molecular complexity index is 1020. The van der Waals surface area contributed by atoms with Crippen molar-refractivity contribution in [1.82, 2.24) is 0 Å². The third-order valence-corrected chi connectivity index (χ3v) is 9.24. The van der Waals surface area contributed by atoms with Crippen LogP contribution in [-0.2, 0) is 23.8 Å². The molecule has 3 fully saturated rings. The molecule has 5 rings (SSSR count). The summed E-state index contributed by atoms with van der Waals surface area (Å²) in [6.07, 6.45) is 2.86. The molecule has 2 saturated carbocycles. The van der Waals surface area contributed by atoms with Gasteiger partial charge in [-0.3, -0.25) is 4.79 Å². The maximum absolute atomic E-state index is 14.5. The largest absolute Gasteiger partial charge is 0.451 e. The number of hydrogen-bond donors (Lipinski definition) is 1. The van der Waals surface area contributed by atoms with Crippen molar-refractivity contribution in [3.05, 3.63) is 35.5 Å². The van der Waals surface area contributed by atoms with Crippen LogP contribution in [0, 0.1) is 34.5 Å². The Morgan fingerprint density at radius 1 is 1.27 bits per heavy atom. The van der Waals surface area contributed by atoms with E-state index in [4.69, 9.17) is 14.2 Å². The summed E-state index contributed by atoms with van der Waals surface area (Å²) in [5.74, 6) is -1.43. The van der Waals surface area contributed by atoms with Gasteiger partial charge in [-0.15, -0.1) is 0 Å². The van der Waals surface area contributed by atoms with Crippen LogP contribution in [0.25, 0.3) is 0 Å². The minimum absolute atomic E-state index is 0.00658. The predicted octanol–water partition coefficient (Wildman–Crippen LogP) is 3.74. The molecule has 0 aromatic heterocycles. The van der Waals surface area contributed by atoms with E-state index in [-0.39, 0.29) is 41.1 Å². The van der Waals surface area contributed by atoms with Crippen molar-refractivity contribution < 1.29 is 28.9 Å². The van der Waals surface area contributed by atoms with Crippen molar-refractivity contribution in [1.29, 1.82) is 0 Å². The summed E-state index contributed by atoms with van der Waals surface area (Å²) in [5, 5.41) is 12.8. The van der Waals surface area contributed by atoms with Crippen LogP contribution >= 0.6 is 0 Å². The van der Waals surface area contributed by atoms with Gasteiger partial charge in [-0.05, 0) is 68.4 Å². The Kier molecular flexibility index (Phi) is 4.65. The Hall–Kier alpha value is -1.76. The van der Waals surface area contributed by atoms with E-state index in [2.05, 4.69) is 27.4 Å². The zero-order valence-electron chi connectivity index (χ0n) is 20.7. The number of ether oxygens (including phenoxy) is 3. The molecule has 6 nitrogen and oxygen atoms in total. The highest BCUT2D eigenvalue weighted by Gasteiger charge is 2.77. The van der Waals surface area contributed by atoms with Gasteiger partial charge >= 0.3 is 5.97 Å². The third-order valence-electron chi connectivity index (χ3n) is 9.24. The summed E-state index contributed by atoms with van der Waals surface area (Å²) in [7, 11) is 0. The lowest BCUT2D eigenvalue weighted by Gasteiger charge is -2.52. The molecule has 0 aromatic rings. The summed E-state index contributed by atoms with van der Waals surface area (Å²) in [6, 6.07) is 0. The van der Waals surface area contributed by atoms with Crippen molar-refractivity contribution in [3.63, 3.8) is 0 Å². The quantitative estimate of drug-likeness (QED) is 0.387. The Balaban J connectivity index is 1.74. The molecule has 0 amide bonds. The number of hydrogen-bond acceptors (Lipinski definition) is 6. The van der Waals surface area contributed by atoms with E-state index in [1.165, 1.54) is 0 Å². The fourth-order valence-electron chi connectivity index (χ4n) is 7.51. The second kappa shape index (κ2) is 6.67. The summed E-state index contributed by atoms with van der Waals surface area (Å²) in [5.41, 5.74) is -1.26. The number of fused-ring (bicyclic) bond motifs is 5. The molecule has 8 atom stereocenters. The van der Waals surface area contributed by atoms with Gasteiger partial charge in [0.15, 0.2) is 23.3 Å². The molecule has 0 radical (unpaired) electrons. The molecule has 6 heteroatoms. The number of ketones is 1. The zero-order chi connectivity index (χ0) is 24.3. The first-order valence-corrected chi connectivity index (χ1v) is 12.0. The van der Waals surface area contributed by atoms with E-state index in [9.17, 15) is 14.7 Å². The van der Waals surface area contributed by atoms with Gasteiger partial charge in [0.25, 0.3) is 0 Å². The number of allylic oxidation sites excluding steroid dienone is 1. The van der Waals surface area contributed by atoms with Gasteiger partial charge in [-0.1, -0.05) is 39.5 Å². The van der Waals surface area contributed by atoms with Gasteiger partial charge in [0, 0.05) is 11.5 Å². The maximum atomic E-state index is 14.5. The van der Waals surface area contributed by atoms with E-state index in [0.29, 0.717) is 11.5 Å². The van der Waals surface area contributed by atoms with Gasteiger partial charge in [0.1, 0.15) is 6.10 Å². The third kappa shape index (κ3) is 2.77. The SMILES string of the molecule is C=C(C)C(=O)O[C@H]1C(C)=C[C@]23C(=O)[C@@H](C=C4COC(C)(C)O[C@H]4[C@]12O)[C@H]1[C@@H](C[C@H]3C)C1(C)C. The summed E-state index contributed by atoms with van der Waals surface area (Å²) < 4.78 is 18.2. The molecule has 1 heterocycles. The summed E-state index contributed by atoms with van der Waals surface area (Å²) in [6.45, 7) is 17.5. The molecule has 4 aliphatic carbocycles. The first-order valence-electron chi connectivity index (χ1n) is 12.0. The molecule has 1 N–H and O–H groups in total. The minimum Gasteiger partial charge on any atom is -0.451 e. The average molecular weight is 457 g/mol. The smallest absolute Gasteiger partial charge is 0.333 e. The second-order valence-corrected chi connectivity index (χ2v) is 12.1. The number of carbonyl (C=O) groups is 2. The molecular formula is C27H36O6. The normalized spacial score (nSPS) is 46.5. The molecule has 1 saturated heterocycles. The topological polar surface area (TPSA) is 82.1 Å². The standard InChI is InChI=1S/C27H36O6/c1-13(2)23(29)32-21-14(3)11-26-15(4)9-18-19(24(18,5)6)17(20(26)28)10-16-12-31-25(7,8)33-22(16)27(21,26)30/h10-11,15,17-19,21-22,30H,1,9,12H2,2-8H3/t15-,17+,18-,19+,21+,22-,26+,27-/m1/s1. The van der Waals surface area contributed by atoms with E-state index in [1.54, 1.807) is 20.8 Å². The van der Waals surface area contributed by atoms with E-state index in [1.807, 2.05) is 19.1 Å². The van der Waals surface area contributed by atoms with Crippen LogP contribution in [0.2, 0.25) is 0 Å². The van der Waals surface area contributed by atoms with Gasteiger partial charge in [0.05, 0.1) is 12.0 Å². The molecule has 33 heavy (non-hydrogen) atoms. The Morgan fingerprint density at radius 2 is 1.94 bits per heavy atom. The van der Waals surface area contributed by atoms with Crippen molar-refractivity contribution in [2.45, 2.75) is 78.5 Å². The number of esters is 1. The molecule has 180 valence electrons. The molecule has 2 bridgehead atoms. The predicted molar refractivity (Wildman–Crippen MR) is 122 cm³/mol. The van der Waals surface area contributed by atoms with E-state index in [0.717, 1.165) is 12.0 Å². The second-order valence-electron chi connectivity index (χ2n) is 12.1. The lowest BCUT2D eigenvalue weighted by atomic mass is 9.59. The van der Waals surface area contributed by atoms with Crippen molar-refractivity contribution >= 4 is 11.8 Å². The summed E-state index contributed by atoms with van der Waals surface area (Å²) >= 11 is 0. The van der Waals surface area contributed by atoms with Crippen LogP contribution in [0.3, 0.4) is 0 Å². The highest BCUT2D eigenvalue weighted by molar-refractivity contribution is 5.96. The van der Waals surface area contributed by atoms with Crippen molar-refractivity contribution in [2.75, 3.05) is 6.61 Å². The molecule has 0 aromatic carbocycles. The van der Waals surface area contributed by atoms with Gasteiger partial charge < -0.3 is 19.3 Å². The van der Waals surface area contributed by atoms with Crippen molar-refractivity contribution in [2.24, 2.45) is 34.5 Å². The Labute approximate surface area is 196 Å². The molecule has 5 aliphatic rings. The fraction of sp³-hybridized carbons (Fsp3) is 0.704. The van der Waals surface area contributed by atoms with Crippen LogP contribution in [0.15, 0.2) is 35.5 Å². The van der Waals surface area contributed by atoms with Crippen LogP contribution in [0.1, 0.15) is 54.9 Å². The molecule has 1 aliphatic heterocycles. The van der Waals surface area contributed by atoms with Crippen LogP contribution in [0.4, 0.5) is 0 Å². The molecule has 1 spiro atoms.